The molecule has 10 heteroatoms. The third-order valence-corrected chi connectivity index (χ3v) is 4.46. The first-order valence-corrected chi connectivity index (χ1v) is 7.81. The van der Waals surface area contributed by atoms with E-state index in [1.165, 1.54) is 32.8 Å². The van der Waals surface area contributed by atoms with Gasteiger partial charge in [0, 0.05) is 25.5 Å². The van der Waals surface area contributed by atoms with E-state index in [-0.39, 0.29) is 11.4 Å². The summed E-state index contributed by atoms with van der Waals surface area (Å²) in [5.41, 5.74) is 4.63. The van der Waals surface area contributed by atoms with E-state index in [4.69, 9.17) is 0 Å². The Hall–Kier alpha value is -3.01. The van der Waals surface area contributed by atoms with E-state index in [2.05, 4.69) is 15.5 Å². The third-order valence-electron chi connectivity index (χ3n) is 3.60. The van der Waals surface area contributed by atoms with Gasteiger partial charge in [-0.25, -0.2) is 9.78 Å². The summed E-state index contributed by atoms with van der Waals surface area (Å²) in [6.45, 7) is 1.86. The summed E-state index contributed by atoms with van der Waals surface area (Å²) in [5, 5.41) is 17.8. The molecule has 3 aromatic rings. The number of fused-ring (bicyclic) bond motifs is 1. The number of nitrogens with zero attached hydrogens (tertiary/aromatic N) is 5. The predicted octanol–water partition coefficient (Wildman–Crippen LogP) is 2.00. The number of aromatic nitrogens is 3. The molecule has 0 radical (unpaired) electrons. The molecule has 2 heterocycles. The van der Waals surface area contributed by atoms with Gasteiger partial charge in [-0.05, 0) is 13.0 Å². The van der Waals surface area contributed by atoms with Gasteiger partial charge in [0.2, 0.25) is 5.13 Å². The molecule has 1 N–H and O–H groups in total. The number of imidazole rings is 1. The number of hydrogen-bond acceptors (Lipinski definition) is 7. The quantitative estimate of drug-likeness (QED) is 0.442. The highest BCUT2D eigenvalue weighted by Crippen LogP contribution is 2.24. The molecule has 2 aromatic heterocycles. The van der Waals surface area contributed by atoms with Crippen molar-refractivity contribution in [3.63, 3.8) is 0 Å². The topological polar surface area (TPSA) is 107 Å². The Kier molecular flexibility index (Phi) is 3.89. The molecule has 0 fully saturated rings. The number of thiazole rings is 1. The first-order chi connectivity index (χ1) is 11.4. The van der Waals surface area contributed by atoms with Crippen molar-refractivity contribution in [1.82, 2.24) is 14.1 Å². The molecule has 0 atom stereocenters. The highest BCUT2D eigenvalue weighted by Gasteiger charge is 2.18. The molecule has 0 saturated heterocycles. The Morgan fingerprint density at radius 2 is 2.00 bits per heavy atom. The Morgan fingerprint density at radius 3 is 2.58 bits per heavy atom. The zero-order valence-electron chi connectivity index (χ0n) is 13.2. The lowest BCUT2D eigenvalue weighted by molar-refractivity contribution is -0.384. The number of nitrogens with one attached hydrogen (secondary N) is 1. The maximum absolute atomic E-state index is 12.0. The van der Waals surface area contributed by atoms with Gasteiger partial charge in [0.1, 0.15) is 0 Å². The van der Waals surface area contributed by atoms with E-state index in [9.17, 15) is 14.9 Å². The van der Waals surface area contributed by atoms with Crippen LogP contribution in [0.4, 0.5) is 10.8 Å². The van der Waals surface area contributed by atoms with Gasteiger partial charge in [-0.15, -0.1) is 11.3 Å². The second kappa shape index (κ2) is 5.89. The van der Waals surface area contributed by atoms with Crippen LogP contribution in [0.25, 0.3) is 11.0 Å². The Bertz CT molecular complexity index is 1030. The van der Waals surface area contributed by atoms with Crippen molar-refractivity contribution in [2.45, 2.75) is 6.92 Å². The van der Waals surface area contributed by atoms with Crippen molar-refractivity contribution < 1.29 is 4.92 Å². The fraction of sp³-hybridized carbons (Fsp3) is 0.214. The molecule has 0 amide bonds. The number of rotatable bonds is 4. The normalized spacial score (nSPS) is 11.5. The van der Waals surface area contributed by atoms with Crippen LogP contribution >= 0.6 is 11.3 Å². The Labute approximate surface area is 140 Å². The van der Waals surface area contributed by atoms with Gasteiger partial charge >= 0.3 is 5.69 Å². The summed E-state index contributed by atoms with van der Waals surface area (Å²) < 4.78 is 2.81. The van der Waals surface area contributed by atoms with Crippen LogP contribution in [-0.2, 0) is 14.1 Å². The number of hydrogen-bond donors (Lipinski definition) is 1. The second-order valence-electron chi connectivity index (χ2n) is 5.22. The fourth-order valence-corrected chi connectivity index (χ4v) is 3.01. The summed E-state index contributed by atoms with van der Waals surface area (Å²) >= 11 is 1.39. The number of benzene rings is 1. The lowest BCUT2D eigenvalue weighted by Gasteiger charge is -2.01. The number of nitro groups is 1. The summed E-state index contributed by atoms with van der Waals surface area (Å²) in [7, 11) is 3.20. The van der Waals surface area contributed by atoms with Crippen LogP contribution in [0.3, 0.4) is 0 Å². The predicted molar refractivity (Wildman–Crippen MR) is 92.9 cm³/mol. The molecule has 0 bridgehead atoms. The SMILES string of the molecule is Cc1csc(NN=Cc2cc3c(cc2[N+](=O)[O-])n(C)c(=O)n3C)n1. The van der Waals surface area contributed by atoms with Crippen LogP contribution in [0.2, 0.25) is 0 Å². The summed E-state index contributed by atoms with van der Waals surface area (Å²) in [5.74, 6) is 0. The monoisotopic (exact) mass is 346 g/mol. The highest BCUT2D eigenvalue weighted by atomic mass is 32.1. The minimum absolute atomic E-state index is 0.121. The van der Waals surface area contributed by atoms with E-state index >= 15 is 0 Å². The molecule has 0 aliphatic rings. The van der Waals surface area contributed by atoms with Crippen LogP contribution in [0, 0.1) is 17.0 Å². The summed E-state index contributed by atoms with van der Waals surface area (Å²) in [6, 6.07) is 2.96. The zero-order chi connectivity index (χ0) is 17.4. The van der Waals surface area contributed by atoms with Gasteiger partial charge in [-0.3, -0.25) is 24.7 Å². The second-order valence-corrected chi connectivity index (χ2v) is 6.08. The molecular weight excluding hydrogens is 332 g/mol. The van der Waals surface area contributed by atoms with E-state index in [1.54, 1.807) is 20.2 Å². The molecule has 0 unspecified atom stereocenters. The smallest absolute Gasteiger partial charge is 0.295 e. The number of nitro benzene ring substituents is 1. The minimum Gasteiger partial charge on any atom is -0.295 e. The lowest BCUT2D eigenvalue weighted by atomic mass is 10.1. The molecule has 0 spiro atoms. The van der Waals surface area contributed by atoms with Gasteiger partial charge in [-0.1, -0.05) is 0 Å². The lowest BCUT2D eigenvalue weighted by Crippen LogP contribution is -2.19. The van der Waals surface area contributed by atoms with Crippen LogP contribution in [-0.4, -0.2) is 25.3 Å². The summed E-state index contributed by atoms with van der Waals surface area (Å²) in [6.07, 6.45) is 1.35. The first kappa shape index (κ1) is 15.9. The van der Waals surface area contributed by atoms with E-state index in [0.717, 1.165) is 5.69 Å². The standard InChI is InChI=1S/C14H14N6O3S/c1-8-7-24-13(16-8)17-15-6-9-4-11-12(5-10(9)20(22)23)19(3)14(21)18(11)2/h4-7H,1-3H3,(H,16,17). The molecule has 3 rings (SSSR count). The Morgan fingerprint density at radius 1 is 1.33 bits per heavy atom. The van der Waals surface area contributed by atoms with Crippen LogP contribution in [0.15, 0.2) is 27.4 Å². The van der Waals surface area contributed by atoms with Crippen LogP contribution in [0.5, 0.6) is 0 Å². The van der Waals surface area contributed by atoms with E-state index in [1.807, 2.05) is 12.3 Å². The highest BCUT2D eigenvalue weighted by molar-refractivity contribution is 7.13. The zero-order valence-corrected chi connectivity index (χ0v) is 14.0. The molecule has 24 heavy (non-hydrogen) atoms. The maximum atomic E-state index is 12.0. The van der Waals surface area contributed by atoms with Crippen LogP contribution < -0.4 is 11.1 Å². The Balaban J connectivity index is 2.05. The van der Waals surface area contributed by atoms with Gasteiger partial charge in [-0.2, -0.15) is 5.10 Å². The van der Waals surface area contributed by atoms with Gasteiger partial charge in [0.15, 0.2) is 0 Å². The average molecular weight is 346 g/mol. The molecule has 0 aliphatic heterocycles. The third kappa shape index (κ3) is 2.67. The first-order valence-electron chi connectivity index (χ1n) is 6.93. The maximum Gasteiger partial charge on any atom is 0.328 e. The molecular formula is C14H14N6O3S. The average Bonchev–Trinajstić information content (AvgIpc) is 3.05. The summed E-state index contributed by atoms with van der Waals surface area (Å²) in [4.78, 5) is 27.0. The van der Waals surface area contributed by atoms with Gasteiger partial charge in [0.25, 0.3) is 5.69 Å². The number of aryl methyl sites for hydroxylation is 3. The van der Waals surface area contributed by atoms with Crippen molar-refractivity contribution >= 4 is 39.4 Å². The van der Waals surface area contributed by atoms with Crippen molar-refractivity contribution in [3.05, 3.63) is 49.4 Å². The van der Waals surface area contributed by atoms with Crippen molar-refractivity contribution in [1.29, 1.82) is 0 Å². The van der Waals surface area contributed by atoms with Crippen molar-refractivity contribution in [3.8, 4) is 0 Å². The van der Waals surface area contributed by atoms with Crippen molar-refractivity contribution in [2.75, 3.05) is 5.43 Å². The van der Waals surface area contributed by atoms with Crippen LogP contribution in [0.1, 0.15) is 11.3 Å². The van der Waals surface area contributed by atoms with Crippen molar-refractivity contribution in [2.24, 2.45) is 19.2 Å². The molecule has 124 valence electrons. The molecule has 1 aromatic carbocycles. The number of anilines is 1. The van der Waals surface area contributed by atoms with Gasteiger partial charge in [0.05, 0.1) is 33.4 Å². The van der Waals surface area contributed by atoms with Gasteiger partial charge < -0.3 is 0 Å². The van der Waals surface area contributed by atoms with E-state index in [0.29, 0.717) is 21.7 Å². The fourth-order valence-electron chi connectivity index (χ4n) is 2.37. The molecule has 0 saturated carbocycles. The molecule has 9 nitrogen and oxygen atoms in total. The largest absolute Gasteiger partial charge is 0.328 e. The molecule has 0 aliphatic carbocycles. The van der Waals surface area contributed by atoms with E-state index < -0.39 is 4.92 Å². The minimum atomic E-state index is -0.494. The number of hydrazone groups is 1.